The van der Waals surface area contributed by atoms with Gasteiger partial charge >= 0.3 is 6.18 Å². The Morgan fingerprint density at radius 2 is 1.77 bits per heavy atom. The van der Waals surface area contributed by atoms with Crippen LogP contribution in [0.3, 0.4) is 0 Å². The maximum absolute atomic E-state index is 13.5. The highest BCUT2D eigenvalue weighted by molar-refractivity contribution is 4.93. The molecule has 2 saturated heterocycles. The molecule has 0 aromatic rings. The van der Waals surface area contributed by atoms with Gasteiger partial charge in [-0.2, -0.15) is 13.2 Å². The molecule has 2 aliphatic heterocycles. The number of halogens is 3. The summed E-state index contributed by atoms with van der Waals surface area (Å²) in [5.41, 5.74) is -1.39. The van der Waals surface area contributed by atoms with Crippen LogP contribution in [0.4, 0.5) is 13.2 Å². The van der Waals surface area contributed by atoms with Gasteiger partial charge < -0.3 is 9.47 Å². The van der Waals surface area contributed by atoms with Crippen LogP contribution < -0.4 is 0 Å². The molecule has 0 spiro atoms. The topological polar surface area (TPSA) is 18.5 Å². The Hall–Kier alpha value is -0.290. The minimum atomic E-state index is -4.13. The van der Waals surface area contributed by atoms with Crippen LogP contribution >= 0.6 is 0 Å². The van der Waals surface area contributed by atoms with Crippen LogP contribution in [0.2, 0.25) is 0 Å². The minimum Gasteiger partial charge on any atom is -0.381 e. The lowest BCUT2D eigenvalue weighted by atomic mass is 9.68. The first-order valence-electron chi connectivity index (χ1n) is 8.48. The van der Waals surface area contributed by atoms with Crippen molar-refractivity contribution in [3.05, 3.63) is 0 Å². The molecule has 3 unspecified atom stereocenters. The standard InChI is InChI=1S/C17H29F3O2/c1-4-16(17(18,19)20)7-10-22-14(12-16)11-13(2)15(3)5-8-21-9-6-15/h13-14H,4-12H2,1-3H3. The average molecular weight is 322 g/mol. The van der Waals surface area contributed by atoms with E-state index in [9.17, 15) is 13.2 Å². The summed E-state index contributed by atoms with van der Waals surface area (Å²) >= 11 is 0. The molecule has 0 aliphatic carbocycles. The summed E-state index contributed by atoms with van der Waals surface area (Å²) < 4.78 is 51.5. The monoisotopic (exact) mass is 322 g/mol. The van der Waals surface area contributed by atoms with Gasteiger partial charge in [-0.25, -0.2) is 0 Å². The van der Waals surface area contributed by atoms with Crippen molar-refractivity contribution in [2.45, 2.75) is 71.6 Å². The predicted octanol–water partition coefficient (Wildman–Crippen LogP) is 4.97. The van der Waals surface area contributed by atoms with Crippen LogP contribution in [-0.2, 0) is 9.47 Å². The fourth-order valence-corrected chi connectivity index (χ4v) is 3.96. The molecule has 130 valence electrons. The van der Waals surface area contributed by atoms with E-state index in [1.54, 1.807) is 6.92 Å². The van der Waals surface area contributed by atoms with Crippen LogP contribution in [0.1, 0.15) is 59.3 Å². The zero-order valence-corrected chi connectivity index (χ0v) is 14.0. The molecular formula is C17H29F3O2. The first-order valence-corrected chi connectivity index (χ1v) is 8.48. The van der Waals surface area contributed by atoms with Crippen molar-refractivity contribution >= 4 is 0 Å². The van der Waals surface area contributed by atoms with Crippen molar-refractivity contribution in [1.29, 1.82) is 0 Å². The fraction of sp³-hybridized carbons (Fsp3) is 1.00. The maximum atomic E-state index is 13.5. The van der Waals surface area contributed by atoms with Gasteiger partial charge in [0, 0.05) is 19.8 Å². The second-order valence-electron chi connectivity index (χ2n) is 7.48. The molecule has 22 heavy (non-hydrogen) atoms. The lowest BCUT2D eigenvalue weighted by molar-refractivity contribution is -0.258. The van der Waals surface area contributed by atoms with Gasteiger partial charge in [-0.15, -0.1) is 0 Å². The van der Waals surface area contributed by atoms with E-state index in [0.29, 0.717) is 12.3 Å². The molecule has 0 N–H and O–H groups in total. The van der Waals surface area contributed by atoms with Gasteiger partial charge in [-0.3, -0.25) is 0 Å². The Bertz CT molecular complexity index is 363. The van der Waals surface area contributed by atoms with Gasteiger partial charge in [0.15, 0.2) is 0 Å². The van der Waals surface area contributed by atoms with E-state index in [1.165, 1.54) is 0 Å². The van der Waals surface area contributed by atoms with Crippen molar-refractivity contribution < 1.29 is 22.6 Å². The van der Waals surface area contributed by atoms with E-state index in [4.69, 9.17) is 9.47 Å². The molecule has 2 aliphatic rings. The molecule has 0 aromatic carbocycles. The molecular weight excluding hydrogens is 293 g/mol. The smallest absolute Gasteiger partial charge is 0.381 e. The Labute approximate surface area is 131 Å². The third kappa shape index (κ3) is 3.61. The molecule has 2 fully saturated rings. The molecule has 0 amide bonds. The van der Waals surface area contributed by atoms with E-state index < -0.39 is 11.6 Å². The first kappa shape index (κ1) is 18.1. The second kappa shape index (κ2) is 6.68. The molecule has 3 atom stereocenters. The predicted molar refractivity (Wildman–Crippen MR) is 79.7 cm³/mol. The Kier molecular flexibility index (Phi) is 5.48. The van der Waals surface area contributed by atoms with Crippen molar-refractivity contribution in [2.24, 2.45) is 16.7 Å². The van der Waals surface area contributed by atoms with Crippen LogP contribution in [0.5, 0.6) is 0 Å². The first-order chi connectivity index (χ1) is 10.2. The van der Waals surface area contributed by atoms with Crippen molar-refractivity contribution in [3.63, 3.8) is 0 Å². The molecule has 2 rings (SSSR count). The number of ether oxygens (including phenoxy) is 2. The Balaban J connectivity index is 2.00. The van der Waals surface area contributed by atoms with Crippen LogP contribution in [0.15, 0.2) is 0 Å². The number of alkyl halides is 3. The molecule has 0 bridgehead atoms. The quantitative estimate of drug-likeness (QED) is 0.728. The summed E-state index contributed by atoms with van der Waals surface area (Å²) in [5, 5.41) is 0. The second-order valence-corrected chi connectivity index (χ2v) is 7.48. The summed E-state index contributed by atoms with van der Waals surface area (Å²) in [7, 11) is 0. The summed E-state index contributed by atoms with van der Waals surface area (Å²) in [6.45, 7) is 7.79. The van der Waals surface area contributed by atoms with E-state index in [0.717, 1.165) is 26.1 Å². The highest BCUT2D eigenvalue weighted by atomic mass is 19.4. The molecule has 2 nitrogen and oxygen atoms in total. The summed E-state index contributed by atoms with van der Waals surface area (Å²) in [5.74, 6) is 0.349. The zero-order chi connectivity index (χ0) is 16.4. The maximum Gasteiger partial charge on any atom is 0.394 e. The lowest BCUT2D eigenvalue weighted by Crippen LogP contribution is -2.46. The van der Waals surface area contributed by atoms with E-state index in [-0.39, 0.29) is 37.4 Å². The van der Waals surface area contributed by atoms with E-state index >= 15 is 0 Å². The summed E-state index contributed by atoms with van der Waals surface area (Å²) in [6.07, 6.45) is -1.35. The highest BCUT2D eigenvalue weighted by Crippen LogP contribution is 2.51. The van der Waals surface area contributed by atoms with Crippen LogP contribution in [-0.4, -0.2) is 32.1 Å². The third-order valence-electron chi connectivity index (χ3n) is 6.27. The van der Waals surface area contributed by atoms with Gasteiger partial charge in [-0.1, -0.05) is 20.8 Å². The van der Waals surface area contributed by atoms with E-state index in [2.05, 4.69) is 13.8 Å². The Morgan fingerprint density at radius 3 is 2.32 bits per heavy atom. The molecule has 0 radical (unpaired) electrons. The number of hydrogen-bond donors (Lipinski definition) is 0. The fourth-order valence-electron chi connectivity index (χ4n) is 3.96. The highest BCUT2D eigenvalue weighted by Gasteiger charge is 2.55. The average Bonchev–Trinajstić information content (AvgIpc) is 2.47. The normalized spacial score (nSPS) is 34.4. The van der Waals surface area contributed by atoms with Crippen molar-refractivity contribution in [1.82, 2.24) is 0 Å². The van der Waals surface area contributed by atoms with Gasteiger partial charge in [0.25, 0.3) is 0 Å². The SMILES string of the molecule is CCC1(C(F)(F)F)CCOC(CC(C)C2(C)CCOCC2)C1. The summed E-state index contributed by atoms with van der Waals surface area (Å²) in [6, 6.07) is 0. The molecule has 5 heteroatoms. The summed E-state index contributed by atoms with van der Waals surface area (Å²) in [4.78, 5) is 0. The minimum absolute atomic E-state index is 0.100. The number of hydrogen-bond acceptors (Lipinski definition) is 2. The van der Waals surface area contributed by atoms with Gasteiger partial charge in [0.05, 0.1) is 11.5 Å². The molecule has 0 aromatic heterocycles. The zero-order valence-electron chi connectivity index (χ0n) is 14.0. The van der Waals surface area contributed by atoms with Crippen molar-refractivity contribution in [3.8, 4) is 0 Å². The third-order valence-corrected chi connectivity index (χ3v) is 6.27. The number of rotatable bonds is 4. The van der Waals surface area contributed by atoms with Gasteiger partial charge in [-0.05, 0) is 49.9 Å². The molecule has 2 heterocycles. The lowest BCUT2D eigenvalue weighted by Gasteiger charge is -2.45. The van der Waals surface area contributed by atoms with E-state index in [1.807, 2.05) is 0 Å². The molecule has 0 saturated carbocycles. The van der Waals surface area contributed by atoms with Crippen LogP contribution in [0, 0.1) is 16.7 Å². The van der Waals surface area contributed by atoms with Crippen LogP contribution in [0.25, 0.3) is 0 Å². The van der Waals surface area contributed by atoms with Crippen molar-refractivity contribution in [2.75, 3.05) is 19.8 Å². The largest absolute Gasteiger partial charge is 0.394 e. The van der Waals surface area contributed by atoms with Gasteiger partial charge in [0.1, 0.15) is 0 Å². The van der Waals surface area contributed by atoms with Gasteiger partial charge in [0.2, 0.25) is 0 Å². The Morgan fingerprint density at radius 1 is 1.14 bits per heavy atom.